The quantitative estimate of drug-likeness (QED) is 0.475. The molecule has 1 rings (SSSR count). The number of aryl methyl sites for hydroxylation is 1. The van der Waals surface area contributed by atoms with Crippen molar-refractivity contribution < 1.29 is 4.74 Å². The zero-order chi connectivity index (χ0) is 15.1. The van der Waals surface area contributed by atoms with Crippen LogP contribution in [0.25, 0.3) is 5.70 Å². The Kier molecular flexibility index (Phi) is 6.31. The van der Waals surface area contributed by atoms with Crippen LogP contribution in [0.5, 0.6) is 0 Å². The van der Waals surface area contributed by atoms with E-state index in [1.807, 2.05) is 51.3 Å². The van der Waals surface area contributed by atoms with Crippen LogP contribution in [0.2, 0.25) is 0 Å². The lowest BCUT2D eigenvalue weighted by molar-refractivity contribution is 0.307. The van der Waals surface area contributed by atoms with Crippen molar-refractivity contribution in [2.24, 2.45) is 0 Å². The van der Waals surface area contributed by atoms with Crippen LogP contribution in [0.1, 0.15) is 19.5 Å². The Hall–Kier alpha value is -1.75. The Morgan fingerprint density at radius 1 is 1.45 bits per heavy atom. The maximum absolute atomic E-state index is 12.3. The molecule has 4 nitrogen and oxygen atoms in total. The highest BCUT2D eigenvalue weighted by molar-refractivity contribution is 7.98. The van der Waals surface area contributed by atoms with Crippen molar-refractivity contribution in [1.29, 1.82) is 0 Å². The van der Waals surface area contributed by atoms with Gasteiger partial charge in [-0.2, -0.15) is 0 Å². The summed E-state index contributed by atoms with van der Waals surface area (Å²) in [5.74, 6) is 0.727. The minimum atomic E-state index is -0.0443. The summed E-state index contributed by atoms with van der Waals surface area (Å²) in [5.41, 5.74) is 1.50. The summed E-state index contributed by atoms with van der Waals surface area (Å²) in [6.45, 7) is 5.62. The predicted octanol–water partition coefficient (Wildman–Crippen LogP) is 3.24. The summed E-state index contributed by atoms with van der Waals surface area (Å²) in [4.78, 5) is 17.2. The molecule has 0 saturated heterocycles. The molecule has 0 amide bonds. The van der Waals surface area contributed by atoms with Crippen LogP contribution < -0.4 is 5.56 Å². The van der Waals surface area contributed by atoms with Gasteiger partial charge in [-0.05, 0) is 45.3 Å². The van der Waals surface area contributed by atoms with E-state index in [4.69, 9.17) is 4.74 Å². The van der Waals surface area contributed by atoms with E-state index < -0.39 is 0 Å². The highest BCUT2D eigenvalue weighted by Crippen LogP contribution is 2.13. The van der Waals surface area contributed by atoms with Crippen molar-refractivity contribution in [2.45, 2.75) is 25.7 Å². The number of hydrogen-bond donors (Lipinski definition) is 0. The molecular formula is C15H20N2O2S. The Morgan fingerprint density at radius 3 is 2.70 bits per heavy atom. The minimum absolute atomic E-state index is 0.0443. The molecule has 0 aliphatic carbocycles. The first kappa shape index (κ1) is 16.3. The SMILES string of the molecule is C\C=C/C(=C\C=C(/C)n1cnc(C)c(SC)c1=O)OC. The molecule has 0 saturated carbocycles. The maximum atomic E-state index is 12.3. The topological polar surface area (TPSA) is 44.1 Å². The Bertz CT molecular complexity index is 613. The molecule has 1 aromatic rings. The molecule has 0 N–H and O–H groups in total. The number of methoxy groups -OCH3 is 1. The van der Waals surface area contributed by atoms with Crippen LogP contribution in [-0.4, -0.2) is 22.9 Å². The number of allylic oxidation sites excluding steroid dienone is 5. The van der Waals surface area contributed by atoms with Crippen LogP contribution in [0, 0.1) is 6.92 Å². The van der Waals surface area contributed by atoms with Gasteiger partial charge >= 0.3 is 0 Å². The zero-order valence-electron chi connectivity index (χ0n) is 12.5. The minimum Gasteiger partial charge on any atom is -0.497 e. The average Bonchev–Trinajstić information content (AvgIpc) is 2.43. The van der Waals surface area contributed by atoms with E-state index in [0.717, 1.165) is 17.2 Å². The molecule has 0 bridgehead atoms. The van der Waals surface area contributed by atoms with Gasteiger partial charge in [0.25, 0.3) is 5.56 Å². The molecule has 0 unspecified atom stereocenters. The molecule has 5 heteroatoms. The third-order valence-corrected chi connectivity index (χ3v) is 3.63. The smallest absolute Gasteiger partial charge is 0.271 e. The first-order valence-corrected chi connectivity index (χ1v) is 7.45. The van der Waals surface area contributed by atoms with Gasteiger partial charge < -0.3 is 4.74 Å². The molecular weight excluding hydrogens is 272 g/mol. The molecule has 0 aliphatic heterocycles. The number of rotatable bonds is 5. The molecule has 0 aromatic carbocycles. The molecule has 0 fully saturated rings. The van der Waals surface area contributed by atoms with Gasteiger partial charge in [0, 0.05) is 5.70 Å². The molecule has 0 spiro atoms. The first-order chi connectivity index (χ1) is 9.54. The van der Waals surface area contributed by atoms with E-state index in [-0.39, 0.29) is 5.56 Å². The van der Waals surface area contributed by atoms with Crippen LogP contribution in [0.4, 0.5) is 0 Å². The Morgan fingerprint density at radius 2 is 2.15 bits per heavy atom. The monoisotopic (exact) mass is 292 g/mol. The molecule has 1 aromatic heterocycles. The largest absolute Gasteiger partial charge is 0.497 e. The van der Waals surface area contributed by atoms with Crippen LogP contribution >= 0.6 is 11.8 Å². The average molecular weight is 292 g/mol. The molecule has 108 valence electrons. The highest BCUT2D eigenvalue weighted by Gasteiger charge is 2.07. The fourth-order valence-electron chi connectivity index (χ4n) is 1.64. The Balaban J connectivity index is 3.22. The zero-order valence-corrected chi connectivity index (χ0v) is 13.3. The van der Waals surface area contributed by atoms with E-state index in [1.165, 1.54) is 16.3 Å². The molecule has 1 heterocycles. The number of aromatic nitrogens is 2. The van der Waals surface area contributed by atoms with Gasteiger partial charge in [0.15, 0.2) is 0 Å². The third kappa shape index (κ3) is 3.87. The summed E-state index contributed by atoms with van der Waals surface area (Å²) in [7, 11) is 1.61. The lowest BCUT2D eigenvalue weighted by Crippen LogP contribution is -2.21. The van der Waals surface area contributed by atoms with E-state index in [0.29, 0.717) is 4.90 Å². The lowest BCUT2D eigenvalue weighted by atomic mass is 10.3. The van der Waals surface area contributed by atoms with Gasteiger partial charge in [0.2, 0.25) is 0 Å². The van der Waals surface area contributed by atoms with Gasteiger partial charge in [-0.1, -0.05) is 6.08 Å². The second-order valence-corrected chi connectivity index (χ2v) is 4.94. The fraction of sp³-hybridized carbons (Fsp3) is 0.333. The van der Waals surface area contributed by atoms with Crippen molar-refractivity contribution in [2.75, 3.05) is 13.4 Å². The standard InChI is InChI=1S/C15H20N2O2S/c1-6-7-13(19-4)9-8-11(2)17-10-16-12(3)14(20-5)15(17)18/h6-10H,1-5H3/b7-6-,11-8+,13-9+. The molecule has 20 heavy (non-hydrogen) atoms. The summed E-state index contributed by atoms with van der Waals surface area (Å²) >= 11 is 1.42. The van der Waals surface area contributed by atoms with Gasteiger partial charge in [0.05, 0.1) is 17.7 Å². The number of thioether (sulfide) groups is 1. The van der Waals surface area contributed by atoms with Crippen molar-refractivity contribution in [3.05, 3.63) is 52.4 Å². The van der Waals surface area contributed by atoms with Crippen molar-refractivity contribution in [3.8, 4) is 0 Å². The summed E-state index contributed by atoms with van der Waals surface area (Å²) in [5, 5.41) is 0. The summed E-state index contributed by atoms with van der Waals surface area (Å²) in [6.07, 6.45) is 10.8. The van der Waals surface area contributed by atoms with Gasteiger partial charge in [-0.3, -0.25) is 9.36 Å². The predicted molar refractivity (Wildman–Crippen MR) is 84.9 cm³/mol. The summed E-state index contributed by atoms with van der Waals surface area (Å²) in [6, 6.07) is 0. The van der Waals surface area contributed by atoms with E-state index in [1.54, 1.807) is 13.4 Å². The van der Waals surface area contributed by atoms with Crippen LogP contribution in [-0.2, 0) is 4.74 Å². The first-order valence-electron chi connectivity index (χ1n) is 6.23. The summed E-state index contributed by atoms with van der Waals surface area (Å²) < 4.78 is 6.73. The second-order valence-electron chi connectivity index (χ2n) is 4.12. The van der Waals surface area contributed by atoms with Crippen molar-refractivity contribution in [1.82, 2.24) is 9.55 Å². The van der Waals surface area contributed by atoms with Gasteiger partial charge in [-0.15, -0.1) is 11.8 Å². The fourth-order valence-corrected chi connectivity index (χ4v) is 2.27. The Labute approximate surface area is 123 Å². The van der Waals surface area contributed by atoms with Crippen molar-refractivity contribution in [3.63, 3.8) is 0 Å². The van der Waals surface area contributed by atoms with Gasteiger partial charge in [0.1, 0.15) is 12.1 Å². The van der Waals surface area contributed by atoms with E-state index in [9.17, 15) is 4.79 Å². The van der Waals surface area contributed by atoms with E-state index in [2.05, 4.69) is 4.98 Å². The van der Waals surface area contributed by atoms with E-state index >= 15 is 0 Å². The lowest BCUT2D eigenvalue weighted by Gasteiger charge is -2.08. The van der Waals surface area contributed by atoms with Crippen LogP contribution in [0.3, 0.4) is 0 Å². The maximum Gasteiger partial charge on any atom is 0.271 e. The number of ether oxygens (including phenoxy) is 1. The second kappa shape index (κ2) is 7.75. The number of hydrogen-bond acceptors (Lipinski definition) is 4. The highest BCUT2D eigenvalue weighted by atomic mass is 32.2. The third-order valence-electron chi connectivity index (χ3n) is 2.75. The normalized spacial score (nSPS) is 13.1. The molecule has 0 radical (unpaired) electrons. The van der Waals surface area contributed by atoms with Crippen molar-refractivity contribution >= 4 is 17.5 Å². The van der Waals surface area contributed by atoms with Crippen LogP contribution in [0.15, 0.2) is 46.1 Å². The molecule has 0 aliphatic rings. The number of nitrogens with zero attached hydrogens (tertiary/aromatic N) is 2. The molecule has 0 atom stereocenters. The van der Waals surface area contributed by atoms with Gasteiger partial charge in [-0.25, -0.2) is 4.98 Å².